The van der Waals surface area contributed by atoms with Crippen LogP contribution in [0.1, 0.15) is 23.6 Å². The van der Waals surface area contributed by atoms with Crippen LogP contribution >= 0.6 is 27.3 Å². The first-order valence-electron chi connectivity index (χ1n) is 3.54. The highest BCUT2D eigenvalue weighted by atomic mass is 79.9. The van der Waals surface area contributed by atoms with Crippen LogP contribution in [0, 0.1) is 0 Å². The van der Waals surface area contributed by atoms with Crippen molar-refractivity contribution in [1.29, 1.82) is 0 Å². The molecule has 1 atom stereocenters. The van der Waals surface area contributed by atoms with Gasteiger partial charge in [-0.25, -0.2) is 0 Å². The molecule has 0 spiro atoms. The lowest BCUT2D eigenvalue weighted by atomic mass is 9.83. The molecule has 1 aliphatic carbocycles. The topological polar surface area (TPSA) is 17.1 Å². The second-order valence-corrected chi connectivity index (χ2v) is 4.58. The maximum Gasteiger partial charge on any atom is 0.141 e. The second kappa shape index (κ2) is 2.72. The summed E-state index contributed by atoms with van der Waals surface area (Å²) in [4.78, 5) is 12.2. The molecule has 58 valence electrons. The van der Waals surface area contributed by atoms with Gasteiger partial charge in [-0.2, -0.15) is 0 Å². The Hall–Kier alpha value is -0.150. The molecule has 3 heteroatoms. The first kappa shape index (κ1) is 7.50. The minimum Gasteiger partial charge on any atom is -0.299 e. The number of ketones is 1. The van der Waals surface area contributed by atoms with Gasteiger partial charge in [-0.3, -0.25) is 4.79 Å². The van der Waals surface area contributed by atoms with Crippen molar-refractivity contribution in [1.82, 2.24) is 0 Å². The second-order valence-electron chi connectivity index (χ2n) is 2.72. The molecule has 0 aromatic carbocycles. The molecule has 0 radical (unpaired) electrons. The molecule has 2 rings (SSSR count). The molecule has 0 saturated heterocycles. The molecule has 0 bridgehead atoms. The highest BCUT2D eigenvalue weighted by Crippen LogP contribution is 2.37. The molecule has 0 amide bonds. The molecule has 1 saturated carbocycles. The van der Waals surface area contributed by atoms with E-state index in [0.717, 1.165) is 17.3 Å². The number of halogens is 1. The minimum atomic E-state index is 0.228. The van der Waals surface area contributed by atoms with Gasteiger partial charge in [0.05, 0.1) is 5.92 Å². The van der Waals surface area contributed by atoms with Crippen molar-refractivity contribution in [2.24, 2.45) is 0 Å². The lowest BCUT2D eigenvalue weighted by Crippen LogP contribution is -2.21. The van der Waals surface area contributed by atoms with Crippen LogP contribution in [0.25, 0.3) is 0 Å². The van der Waals surface area contributed by atoms with E-state index in [1.165, 1.54) is 4.88 Å². The Morgan fingerprint density at radius 1 is 1.64 bits per heavy atom. The summed E-state index contributed by atoms with van der Waals surface area (Å²) in [6, 6.07) is 2.05. The SMILES string of the molecule is O=C1CC[C@H]1c1cc(Br)cs1. The number of thiophene rings is 1. The van der Waals surface area contributed by atoms with Gasteiger partial charge < -0.3 is 0 Å². The first-order valence-corrected chi connectivity index (χ1v) is 5.21. The smallest absolute Gasteiger partial charge is 0.141 e. The van der Waals surface area contributed by atoms with E-state index < -0.39 is 0 Å². The van der Waals surface area contributed by atoms with Crippen molar-refractivity contribution in [2.75, 3.05) is 0 Å². The lowest BCUT2D eigenvalue weighted by molar-refractivity contribution is -0.125. The molecule has 0 N–H and O–H groups in total. The van der Waals surface area contributed by atoms with Crippen LogP contribution in [0.3, 0.4) is 0 Å². The van der Waals surface area contributed by atoms with Crippen molar-refractivity contribution in [3.05, 3.63) is 20.8 Å². The van der Waals surface area contributed by atoms with E-state index in [4.69, 9.17) is 0 Å². The normalized spacial score (nSPS) is 23.4. The van der Waals surface area contributed by atoms with Gasteiger partial charge in [-0.1, -0.05) is 0 Å². The molecule has 1 heterocycles. The molecule has 1 nitrogen and oxygen atoms in total. The molecule has 11 heavy (non-hydrogen) atoms. The number of carbonyl (C=O) groups excluding carboxylic acids is 1. The van der Waals surface area contributed by atoms with E-state index in [9.17, 15) is 4.79 Å². The third-order valence-corrected chi connectivity index (χ3v) is 3.81. The minimum absolute atomic E-state index is 0.228. The van der Waals surface area contributed by atoms with Crippen molar-refractivity contribution in [3.8, 4) is 0 Å². The van der Waals surface area contributed by atoms with E-state index >= 15 is 0 Å². The third-order valence-electron chi connectivity index (χ3n) is 2.00. The molecule has 1 fully saturated rings. The van der Waals surface area contributed by atoms with Crippen LogP contribution in [0.5, 0.6) is 0 Å². The fraction of sp³-hybridized carbons (Fsp3) is 0.375. The molecular weight excluding hydrogens is 224 g/mol. The van der Waals surface area contributed by atoms with Crippen LogP contribution in [0.2, 0.25) is 0 Å². The Labute approximate surface area is 77.6 Å². The number of Topliss-reactive ketones (excluding diaryl/α,β-unsaturated/α-hetero) is 1. The van der Waals surface area contributed by atoms with E-state index in [1.54, 1.807) is 11.3 Å². The number of hydrogen-bond donors (Lipinski definition) is 0. The fourth-order valence-corrected chi connectivity index (χ4v) is 2.82. The summed E-state index contributed by atoms with van der Waals surface area (Å²) in [7, 11) is 0. The zero-order valence-electron chi connectivity index (χ0n) is 5.84. The predicted molar refractivity (Wildman–Crippen MR) is 49.0 cm³/mol. The van der Waals surface area contributed by atoms with Gasteiger partial charge in [0.1, 0.15) is 5.78 Å². The summed E-state index contributed by atoms with van der Waals surface area (Å²) in [6.07, 6.45) is 1.83. The molecule has 1 aromatic rings. The Morgan fingerprint density at radius 2 is 2.45 bits per heavy atom. The highest BCUT2D eigenvalue weighted by molar-refractivity contribution is 9.10. The average molecular weight is 231 g/mol. The van der Waals surface area contributed by atoms with Crippen LogP contribution in [0.4, 0.5) is 0 Å². The summed E-state index contributed by atoms with van der Waals surface area (Å²) in [5.41, 5.74) is 0. The van der Waals surface area contributed by atoms with Gasteiger partial charge in [0, 0.05) is 21.2 Å². The summed E-state index contributed by atoms with van der Waals surface area (Å²) >= 11 is 5.04. The van der Waals surface area contributed by atoms with Crippen LogP contribution in [-0.2, 0) is 4.79 Å². The van der Waals surface area contributed by atoms with E-state index in [-0.39, 0.29) is 5.92 Å². The molecule has 0 unspecified atom stereocenters. The van der Waals surface area contributed by atoms with Crippen molar-refractivity contribution in [3.63, 3.8) is 0 Å². The zero-order chi connectivity index (χ0) is 7.84. The van der Waals surface area contributed by atoms with Gasteiger partial charge >= 0.3 is 0 Å². The van der Waals surface area contributed by atoms with E-state index in [2.05, 4.69) is 15.9 Å². The van der Waals surface area contributed by atoms with Crippen LogP contribution in [-0.4, -0.2) is 5.78 Å². The number of hydrogen-bond acceptors (Lipinski definition) is 2. The number of carbonyl (C=O) groups is 1. The summed E-state index contributed by atoms with van der Waals surface area (Å²) in [6.45, 7) is 0. The van der Waals surface area contributed by atoms with Gasteiger partial charge in [0.2, 0.25) is 0 Å². The summed E-state index contributed by atoms with van der Waals surface area (Å²) < 4.78 is 1.09. The van der Waals surface area contributed by atoms with Crippen LogP contribution in [0.15, 0.2) is 15.9 Å². The summed E-state index contributed by atoms with van der Waals surface area (Å²) in [5.74, 6) is 0.630. The van der Waals surface area contributed by atoms with E-state index in [0.29, 0.717) is 5.78 Å². The predicted octanol–water partition coefficient (Wildman–Crippen LogP) is 2.96. The maximum atomic E-state index is 11.0. The fourth-order valence-electron chi connectivity index (χ4n) is 1.22. The quantitative estimate of drug-likeness (QED) is 0.726. The Kier molecular flexibility index (Phi) is 1.85. The van der Waals surface area contributed by atoms with Crippen LogP contribution < -0.4 is 0 Å². The highest BCUT2D eigenvalue weighted by Gasteiger charge is 2.30. The van der Waals surface area contributed by atoms with E-state index in [1.807, 2.05) is 11.4 Å². The van der Waals surface area contributed by atoms with Gasteiger partial charge in [0.15, 0.2) is 0 Å². The first-order chi connectivity index (χ1) is 5.27. The summed E-state index contributed by atoms with van der Waals surface area (Å²) in [5, 5.41) is 2.03. The van der Waals surface area contributed by atoms with Crippen molar-refractivity contribution < 1.29 is 4.79 Å². The Balaban J connectivity index is 2.23. The van der Waals surface area contributed by atoms with Crippen molar-refractivity contribution in [2.45, 2.75) is 18.8 Å². The molecular formula is C8H7BrOS. The third kappa shape index (κ3) is 1.27. The maximum absolute atomic E-state index is 11.0. The largest absolute Gasteiger partial charge is 0.299 e. The van der Waals surface area contributed by atoms with Crippen molar-refractivity contribution >= 4 is 33.0 Å². The zero-order valence-corrected chi connectivity index (χ0v) is 8.24. The Bertz CT molecular complexity index is 292. The number of rotatable bonds is 1. The Morgan fingerprint density at radius 3 is 2.82 bits per heavy atom. The van der Waals surface area contributed by atoms with Gasteiger partial charge in [-0.05, 0) is 28.4 Å². The monoisotopic (exact) mass is 230 g/mol. The van der Waals surface area contributed by atoms with Gasteiger partial charge in [0.25, 0.3) is 0 Å². The van der Waals surface area contributed by atoms with Gasteiger partial charge in [-0.15, -0.1) is 11.3 Å². The average Bonchev–Trinajstić information content (AvgIpc) is 2.33. The molecule has 1 aromatic heterocycles. The standard InChI is InChI=1S/C8H7BrOS/c9-5-3-8(11-4-5)6-1-2-7(6)10/h3-4,6H,1-2H2/t6-/m1/s1. The lowest BCUT2D eigenvalue weighted by Gasteiger charge is -2.21. The molecule has 0 aliphatic heterocycles. The molecule has 1 aliphatic rings.